The summed E-state index contributed by atoms with van der Waals surface area (Å²) in [6.07, 6.45) is 1.30. The van der Waals surface area contributed by atoms with Crippen molar-refractivity contribution in [1.29, 1.82) is 0 Å². The van der Waals surface area contributed by atoms with E-state index in [1.807, 2.05) is 24.3 Å². The van der Waals surface area contributed by atoms with Crippen LogP contribution in [0, 0.1) is 5.92 Å². The number of carbonyl (C=O) groups is 2. The van der Waals surface area contributed by atoms with Gasteiger partial charge in [-0.3, -0.25) is 4.79 Å². The predicted molar refractivity (Wildman–Crippen MR) is 68.8 cm³/mol. The third-order valence-corrected chi connectivity index (χ3v) is 3.51. The van der Waals surface area contributed by atoms with Gasteiger partial charge in [-0.15, -0.1) is 0 Å². The van der Waals surface area contributed by atoms with E-state index in [0.717, 1.165) is 11.3 Å². The number of hydrogen-bond donors (Lipinski definition) is 0. The fourth-order valence-electron chi connectivity index (χ4n) is 2.39. The maximum absolute atomic E-state index is 11.7. The molecule has 0 bridgehead atoms. The number of hydrogen-bond acceptors (Lipinski definition) is 5. The third kappa shape index (κ3) is 3.50. The summed E-state index contributed by atoms with van der Waals surface area (Å²) in [6, 6.07) is 7.40. The number of aliphatic carboxylic acids is 1. The summed E-state index contributed by atoms with van der Waals surface area (Å²) in [6.45, 7) is 0. The van der Waals surface area contributed by atoms with Gasteiger partial charge in [-0.05, 0) is 37.0 Å². The zero-order chi connectivity index (χ0) is 14.5. The van der Waals surface area contributed by atoms with E-state index in [1.54, 1.807) is 7.11 Å². The predicted octanol–water partition coefficient (Wildman–Crippen LogP) is 1.22. The Morgan fingerprint density at radius 3 is 2.70 bits per heavy atom. The van der Waals surface area contributed by atoms with E-state index in [1.165, 1.54) is 0 Å². The van der Waals surface area contributed by atoms with Crippen LogP contribution < -0.4 is 9.84 Å². The molecule has 1 heterocycles. The van der Waals surface area contributed by atoms with Crippen molar-refractivity contribution in [2.24, 2.45) is 5.92 Å². The molecular weight excluding hydrogens is 260 g/mol. The lowest BCUT2D eigenvalue weighted by Crippen LogP contribution is -2.22. The molecule has 1 aliphatic heterocycles. The van der Waals surface area contributed by atoms with Crippen molar-refractivity contribution in [3.05, 3.63) is 29.8 Å². The Hall–Kier alpha value is -2.04. The Morgan fingerprint density at radius 1 is 1.40 bits per heavy atom. The summed E-state index contributed by atoms with van der Waals surface area (Å²) in [5.41, 5.74) is 0.932. The highest BCUT2D eigenvalue weighted by Gasteiger charge is 2.34. The Labute approximate surface area is 117 Å². The van der Waals surface area contributed by atoms with Gasteiger partial charge in [-0.25, -0.2) is 0 Å². The van der Waals surface area contributed by atoms with Crippen molar-refractivity contribution in [2.45, 2.75) is 31.8 Å². The third-order valence-electron chi connectivity index (χ3n) is 3.51. The average molecular weight is 277 g/mol. The summed E-state index contributed by atoms with van der Waals surface area (Å²) >= 11 is 0. The number of benzene rings is 1. The molecule has 0 radical (unpaired) electrons. The van der Waals surface area contributed by atoms with E-state index in [9.17, 15) is 14.7 Å². The summed E-state index contributed by atoms with van der Waals surface area (Å²) in [7, 11) is 1.60. The number of ether oxygens (including phenoxy) is 2. The number of carbonyl (C=O) groups excluding carboxylic acids is 2. The van der Waals surface area contributed by atoms with Crippen molar-refractivity contribution in [1.82, 2.24) is 0 Å². The van der Waals surface area contributed by atoms with E-state index in [2.05, 4.69) is 0 Å². The topological polar surface area (TPSA) is 75.7 Å². The molecule has 0 N–H and O–H groups in total. The zero-order valence-corrected chi connectivity index (χ0v) is 11.3. The van der Waals surface area contributed by atoms with Crippen molar-refractivity contribution in [3.8, 4) is 5.75 Å². The highest BCUT2D eigenvalue weighted by Crippen LogP contribution is 2.36. The monoisotopic (exact) mass is 277 g/mol. The summed E-state index contributed by atoms with van der Waals surface area (Å²) in [5.74, 6) is -0.794. The van der Waals surface area contributed by atoms with Crippen LogP contribution in [0.25, 0.3) is 0 Å². The second-order valence-electron chi connectivity index (χ2n) is 4.90. The van der Waals surface area contributed by atoms with E-state index in [-0.39, 0.29) is 24.4 Å². The van der Waals surface area contributed by atoms with Gasteiger partial charge >= 0.3 is 5.97 Å². The van der Waals surface area contributed by atoms with Crippen LogP contribution in [0.5, 0.6) is 5.75 Å². The van der Waals surface area contributed by atoms with Crippen LogP contribution in [0.2, 0.25) is 0 Å². The molecule has 20 heavy (non-hydrogen) atoms. The smallest absolute Gasteiger partial charge is 0.309 e. The molecule has 0 aliphatic carbocycles. The van der Waals surface area contributed by atoms with Crippen molar-refractivity contribution >= 4 is 11.9 Å². The Kier molecular flexibility index (Phi) is 4.61. The normalized spacial score (nSPS) is 21.6. The van der Waals surface area contributed by atoms with Gasteiger partial charge in [0, 0.05) is 12.4 Å². The molecular formula is C15H17O5-. The molecule has 0 unspecified atom stereocenters. The maximum atomic E-state index is 11.7. The van der Waals surface area contributed by atoms with Crippen LogP contribution >= 0.6 is 0 Å². The van der Waals surface area contributed by atoms with Crippen LogP contribution in [-0.4, -0.2) is 19.0 Å². The summed E-state index contributed by atoms with van der Waals surface area (Å²) < 4.78 is 10.4. The lowest BCUT2D eigenvalue weighted by molar-refractivity contribution is -0.305. The number of cyclic esters (lactones) is 1. The van der Waals surface area contributed by atoms with Crippen LogP contribution in [0.15, 0.2) is 24.3 Å². The number of carboxylic acid groups (broad SMARTS) is 1. The Balaban J connectivity index is 1.91. The summed E-state index contributed by atoms with van der Waals surface area (Å²) in [4.78, 5) is 22.1. The lowest BCUT2D eigenvalue weighted by atomic mass is 9.95. The molecule has 0 spiro atoms. The SMILES string of the molecule is COc1ccc([C@@H]2C[C@@H](CCCC(=O)[O-])C(=O)O2)cc1. The molecule has 0 amide bonds. The van der Waals surface area contributed by atoms with Gasteiger partial charge in [-0.1, -0.05) is 12.1 Å². The first-order chi connectivity index (χ1) is 9.60. The first kappa shape index (κ1) is 14.4. The fourth-order valence-corrected chi connectivity index (χ4v) is 2.39. The van der Waals surface area contributed by atoms with E-state index in [4.69, 9.17) is 9.47 Å². The average Bonchev–Trinajstić information content (AvgIpc) is 2.80. The van der Waals surface area contributed by atoms with Crippen LogP contribution in [0.4, 0.5) is 0 Å². The number of esters is 1. The van der Waals surface area contributed by atoms with Gasteiger partial charge in [0.15, 0.2) is 0 Å². The van der Waals surface area contributed by atoms with E-state index < -0.39 is 5.97 Å². The number of carboxylic acids is 1. The summed E-state index contributed by atoms with van der Waals surface area (Å²) in [5, 5.41) is 10.4. The van der Waals surface area contributed by atoms with Crippen LogP contribution in [0.3, 0.4) is 0 Å². The van der Waals surface area contributed by atoms with Crippen LogP contribution in [0.1, 0.15) is 37.4 Å². The highest BCUT2D eigenvalue weighted by molar-refractivity contribution is 5.75. The molecule has 1 saturated heterocycles. The van der Waals surface area contributed by atoms with Gasteiger partial charge < -0.3 is 19.4 Å². The molecule has 5 heteroatoms. The molecule has 0 saturated carbocycles. The van der Waals surface area contributed by atoms with E-state index in [0.29, 0.717) is 19.3 Å². The molecule has 1 aromatic rings. The largest absolute Gasteiger partial charge is 0.550 e. The standard InChI is InChI=1S/C15H18O5/c1-19-12-7-5-10(6-8-12)13-9-11(15(18)20-13)3-2-4-14(16)17/h5-8,11,13H,2-4,9H2,1H3,(H,16,17)/p-1/t11-,13+/m1/s1. The Morgan fingerprint density at radius 2 is 2.10 bits per heavy atom. The molecule has 1 aliphatic rings. The number of rotatable bonds is 6. The molecule has 2 rings (SSSR count). The van der Waals surface area contributed by atoms with Gasteiger partial charge in [-0.2, -0.15) is 0 Å². The minimum absolute atomic E-state index is 0.0169. The minimum atomic E-state index is -1.08. The molecule has 5 nitrogen and oxygen atoms in total. The zero-order valence-electron chi connectivity index (χ0n) is 11.3. The number of methoxy groups -OCH3 is 1. The molecule has 0 aromatic heterocycles. The molecule has 1 fully saturated rings. The Bertz CT molecular complexity index is 480. The minimum Gasteiger partial charge on any atom is -0.550 e. The van der Waals surface area contributed by atoms with Crippen molar-refractivity contribution < 1.29 is 24.2 Å². The van der Waals surface area contributed by atoms with Crippen molar-refractivity contribution in [2.75, 3.05) is 7.11 Å². The second-order valence-corrected chi connectivity index (χ2v) is 4.90. The molecule has 1 aromatic carbocycles. The van der Waals surface area contributed by atoms with E-state index >= 15 is 0 Å². The lowest BCUT2D eigenvalue weighted by Gasteiger charge is -2.09. The quantitative estimate of drug-likeness (QED) is 0.731. The van der Waals surface area contributed by atoms with Gasteiger partial charge in [0.2, 0.25) is 0 Å². The van der Waals surface area contributed by atoms with Crippen LogP contribution in [-0.2, 0) is 14.3 Å². The highest BCUT2D eigenvalue weighted by atomic mass is 16.6. The van der Waals surface area contributed by atoms with Gasteiger partial charge in [0.05, 0.1) is 13.0 Å². The van der Waals surface area contributed by atoms with Crippen molar-refractivity contribution in [3.63, 3.8) is 0 Å². The second kappa shape index (κ2) is 6.41. The molecule has 108 valence electrons. The van der Waals surface area contributed by atoms with Gasteiger partial charge in [0.1, 0.15) is 11.9 Å². The first-order valence-electron chi connectivity index (χ1n) is 6.64. The van der Waals surface area contributed by atoms with Gasteiger partial charge in [0.25, 0.3) is 0 Å². The first-order valence-corrected chi connectivity index (χ1v) is 6.64. The maximum Gasteiger partial charge on any atom is 0.309 e. The fraction of sp³-hybridized carbons (Fsp3) is 0.467. The molecule has 2 atom stereocenters.